The van der Waals surface area contributed by atoms with Crippen molar-refractivity contribution in [1.29, 1.82) is 0 Å². The Bertz CT molecular complexity index is 998. The van der Waals surface area contributed by atoms with E-state index < -0.39 is 9.84 Å². The van der Waals surface area contributed by atoms with Gasteiger partial charge >= 0.3 is 0 Å². The molecule has 0 bridgehead atoms. The van der Waals surface area contributed by atoms with Crippen LogP contribution in [0.5, 0.6) is 0 Å². The summed E-state index contributed by atoms with van der Waals surface area (Å²) in [6, 6.07) is 14.2. The van der Waals surface area contributed by atoms with Crippen LogP contribution < -0.4 is 5.32 Å². The van der Waals surface area contributed by atoms with E-state index in [0.717, 1.165) is 22.9 Å². The molecule has 6 nitrogen and oxygen atoms in total. The number of benzene rings is 2. The second kappa shape index (κ2) is 8.37. The monoisotopic (exact) mass is 414 g/mol. The second-order valence-electron chi connectivity index (χ2n) is 7.73. The van der Waals surface area contributed by atoms with Crippen LogP contribution in [0.3, 0.4) is 0 Å². The Labute approximate surface area is 171 Å². The molecule has 0 aromatic heterocycles. The Hall–Kier alpha value is -2.67. The number of amides is 2. The maximum atomic E-state index is 12.7. The zero-order valence-electron chi connectivity index (χ0n) is 16.9. The Morgan fingerprint density at radius 1 is 1.14 bits per heavy atom. The third-order valence-corrected chi connectivity index (χ3v) is 6.37. The number of rotatable bonds is 6. The average Bonchev–Trinajstić information content (AvgIpc) is 3.03. The predicted molar refractivity (Wildman–Crippen MR) is 111 cm³/mol. The van der Waals surface area contributed by atoms with Gasteiger partial charge in [-0.25, -0.2) is 8.42 Å². The third kappa shape index (κ3) is 5.23. The summed E-state index contributed by atoms with van der Waals surface area (Å²) in [5.41, 5.74) is 3.02. The molecule has 7 heteroatoms. The van der Waals surface area contributed by atoms with Crippen LogP contribution in [-0.2, 0) is 26.0 Å². The molecule has 1 aliphatic heterocycles. The van der Waals surface area contributed by atoms with Gasteiger partial charge in [0, 0.05) is 25.8 Å². The lowest BCUT2D eigenvalue weighted by atomic mass is 10.1. The van der Waals surface area contributed by atoms with Crippen LogP contribution in [0, 0.1) is 12.8 Å². The maximum Gasteiger partial charge on any atom is 0.225 e. The highest BCUT2D eigenvalue weighted by atomic mass is 32.2. The number of nitrogens with one attached hydrogen (secondary N) is 1. The Morgan fingerprint density at radius 3 is 2.34 bits per heavy atom. The van der Waals surface area contributed by atoms with E-state index in [2.05, 4.69) is 5.32 Å². The average molecular weight is 415 g/mol. The minimum atomic E-state index is -3.25. The number of carbonyl (C=O) groups excluding carboxylic acids is 2. The predicted octanol–water partition coefficient (Wildman–Crippen LogP) is 2.62. The molecular formula is C22H26N2O4S. The van der Waals surface area contributed by atoms with Gasteiger partial charge in [-0.05, 0) is 37.1 Å². The molecule has 0 aliphatic carbocycles. The van der Waals surface area contributed by atoms with Crippen molar-refractivity contribution in [1.82, 2.24) is 10.2 Å². The zero-order chi connectivity index (χ0) is 21.2. The summed E-state index contributed by atoms with van der Waals surface area (Å²) >= 11 is 0. The van der Waals surface area contributed by atoms with Crippen LogP contribution in [0.25, 0.3) is 0 Å². The number of hydrogen-bond donors (Lipinski definition) is 1. The van der Waals surface area contributed by atoms with Crippen LogP contribution in [-0.4, -0.2) is 37.9 Å². The van der Waals surface area contributed by atoms with Gasteiger partial charge in [-0.3, -0.25) is 9.59 Å². The number of nitrogens with zero attached hydrogens (tertiary/aromatic N) is 1. The summed E-state index contributed by atoms with van der Waals surface area (Å²) in [7, 11) is -3.25. The topological polar surface area (TPSA) is 83.6 Å². The third-order valence-electron chi connectivity index (χ3n) is 5.25. The fourth-order valence-corrected chi connectivity index (χ4v) is 4.06. The summed E-state index contributed by atoms with van der Waals surface area (Å²) in [5.74, 6) is -0.564. The molecule has 1 fully saturated rings. The van der Waals surface area contributed by atoms with Gasteiger partial charge in [0.25, 0.3) is 0 Å². The first-order chi connectivity index (χ1) is 13.6. The van der Waals surface area contributed by atoms with E-state index in [1.54, 1.807) is 17.0 Å². The summed E-state index contributed by atoms with van der Waals surface area (Å²) in [6.07, 6.45) is 1.37. The lowest BCUT2D eigenvalue weighted by Crippen LogP contribution is -2.34. The molecule has 2 aromatic carbocycles. The Kier molecular flexibility index (Phi) is 6.07. The van der Waals surface area contributed by atoms with Crippen LogP contribution in [0.4, 0.5) is 0 Å². The highest BCUT2D eigenvalue weighted by Gasteiger charge is 2.34. The molecule has 1 saturated heterocycles. The summed E-state index contributed by atoms with van der Waals surface area (Å²) in [6.45, 7) is 4.76. The number of aryl methyl sites for hydroxylation is 1. The van der Waals surface area contributed by atoms with E-state index in [4.69, 9.17) is 0 Å². The lowest BCUT2D eigenvalue weighted by molar-refractivity contribution is -0.129. The van der Waals surface area contributed by atoms with Crippen LogP contribution in [0.2, 0.25) is 0 Å². The number of likely N-dealkylation sites (tertiary alicyclic amines) is 1. The molecular weight excluding hydrogens is 388 g/mol. The Morgan fingerprint density at radius 2 is 1.76 bits per heavy atom. The van der Waals surface area contributed by atoms with Crippen molar-refractivity contribution in [2.24, 2.45) is 5.92 Å². The van der Waals surface area contributed by atoms with Crippen LogP contribution in [0.1, 0.15) is 36.1 Å². The first-order valence-corrected chi connectivity index (χ1v) is 11.5. The van der Waals surface area contributed by atoms with Crippen molar-refractivity contribution < 1.29 is 18.0 Å². The standard InChI is InChI=1S/C22H26N2O4S/c1-15-4-6-17(7-5-15)13-24-14-19(12-21(24)25)22(26)23-16(2)18-8-10-20(11-9-18)29(3,27)28/h4-11,16,19H,12-14H2,1-3H3,(H,23,26)/t16-,19-/m1/s1. The quantitative estimate of drug-likeness (QED) is 0.788. The second-order valence-corrected chi connectivity index (χ2v) is 9.75. The minimum absolute atomic E-state index is 0.0177. The first-order valence-electron chi connectivity index (χ1n) is 9.57. The van der Waals surface area contributed by atoms with Gasteiger partial charge in [-0.2, -0.15) is 0 Å². The largest absolute Gasteiger partial charge is 0.349 e. The van der Waals surface area contributed by atoms with Crippen molar-refractivity contribution in [3.8, 4) is 0 Å². The summed E-state index contributed by atoms with van der Waals surface area (Å²) in [5, 5.41) is 2.94. The minimum Gasteiger partial charge on any atom is -0.349 e. The molecule has 2 aromatic rings. The SMILES string of the molecule is Cc1ccc(CN2C[C@H](C(=O)N[C@H](C)c3ccc(S(C)(=O)=O)cc3)CC2=O)cc1. The fraction of sp³-hybridized carbons (Fsp3) is 0.364. The van der Waals surface area contributed by atoms with Gasteiger partial charge in [-0.1, -0.05) is 42.0 Å². The first kappa shape index (κ1) is 21.0. The van der Waals surface area contributed by atoms with Gasteiger partial charge < -0.3 is 10.2 Å². The smallest absolute Gasteiger partial charge is 0.225 e. The normalized spacial score (nSPS) is 18.0. The summed E-state index contributed by atoms with van der Waals surface area (Å²) in [4.78, 5) is 27.0. The highest BCUT2D eigenvalue weighted by molar-refractivity contribution is 7.90. The van der Waals surface area contributed by atoms with E-state index >= 15 is 0 Å². The molecule has 0 unspecified atom stereocenters. The molecule has 0 saturated carbocycles. The molecule has 2 atom stereocenters. The molecule has 1 aliphatic rings. The van der Waals surface area contributed by atoms with Crippen molar-refractivity contribution in [3.63, 3.8) is 0 Å². The lowest BCUT2D eigenvalue weighted by Gasteiger charge is -2.19. The van der Waals surface area contributed by atoms with Gasteiger partial charge in [0.15, 0.2) is 9.84 Å². The van der Waals surface area contributed by atoms with Gasteiger partial charge in [0.1, 0.15) is 0 Å². The molecule has 0 spiro atoms. The van der Waals surface area contributed by atoms with Gasteiger partial charge in [-0.15, -0.1) is 0 Å². The van der Waals surface area contributed by atoms with E-state index in [1.807, 2.05) is 38.1 Å². The van der Waals surface area contributed by atoms with Crippen molar-refractivity contribution in [3.05, 3.63) is 65.2 Å². The van der Waals surface area contributed by atoms with Gasteiger partial charge in [0.2, 0.25) is 11.8 Å². The molecule has 2 amide bonds. The summed E-state index contributed by atoms with van der Waals surface area (Å²) < 4.78 is 23.1. The number of carbonyl (C=O) groups is 2. The van der Waals surface area contributed by atoms with E-state index in [9.17, 15) is 18.0 Å². The molecule has 154 valence electrons. The fourth-order valence-electron chi connectivity index (χ4n) is 3.43. The number of sulfone groups is 1. The zero-order valence-corrected chi connectivity index (χ0v) is 17.7. The molecule has 3 rings (SSSR count). The molecule has 1 heterocycles. The number of hydrogen-bond acceptors (Lipinski definition) is 4. The van der Waals surface area contributed by atoms with E-state index in [-0.39, 0.29) is 35.1 Å². The maximum absolute atomic E-state index is 12.7. The van der Waals surface area contributed by atoms with Crippen molar-refractivity contribution >= 4 is 21.7 Å². The van der Waals surface area contributed by atoms with Gasteiger partial charge in [0.05, 0.1) is 16.9 Å². The molecule has 0 radical (unpaired) electrons. The molecule has 1 N–H and O–H groups in total. The van der Waals surface area contributed by atoms with Crippen molar-refractivity contribution in [2.45, 2.75) is 37.8 Å². The van der Waals surface area contributed by atoms with Crippen LogP contribution in [0.15, 0.2) is 53.4 Å². The van der Waals surface area contributed by atoms with Crippen molar-refractivity contribution in [2.75, 3.05) is 12.8 Å². The van der Waals surface area contributed by atoms with Crippen LogP contribution >= 0.6 is 0 Å². The van der Waals surface area contributed by atoms with E-state index in [0.29, 0.717) is 13.1 Å². The highest BCUT2D eigenvalue weighted by Crippen LogP contribution is 2.22. The molecule has 29 heavy (non-hydrogen) atoms. The van der Waals surface area contributed by atoms with E-state index in [1.165, 1.54) is 12.1 Å². The Balaban J connectivity index is 1.59.